The molecule has 12 heavy (non-hydrogen) atoms. The topological polar surface area (TPSA) is 54.5 Å². The second-order valence-electron chi connectivity index (χ2n) is 2.07. The summed E-state index contributed by atoms with van der Waals surface area (Å²) < 4.78 is 0.990. The first-order valence-electron chi connectivity index (χ1n) is 3.31. The number of imidazole rings is 1. The maximum atomic E-state index is 3.92. The second kappa shape index (κ2) is 3.68. The summed E-state index contributed by atoms with van der Waals surface area (Å²) in [5.74, 6) is 0.870. The van der Waals surface area contributed by atoms with E-state index in [1.807, 2.05) is 6.20 Å². The van der Waals surface area contributed by atoms with Crippen molar-refractivity contribution in [2.45, 2.75) is 10.1 Å². The molecule has 2 aromatic rings. The number of aromatic nitrogens is 4. The van der Waals surface area contributed by atoms with Gasteiger partial charge in [0.2, 0.25) is 0 Å². The molecule has 1 N–H and O–H groups in total. The molecule has 0 radical (unpaired) electrons. The van der Waals surface area contributed by atoms with E-state index in [-0.39, 0.29) is 0 Å². The van der Waals surface area contributed by atoms with E-state index in [0.717, 1.165) is 15.8 Å². The fourth-order valence-corrected chi connectivity index (χ4v) is 2.13. The number of rotatable bonds is 3. The highest BCUT2D eigenvalue weighted by Crippen LogP contribution is 2.22. The van der Waals surface area contributed by atoms with Gasteiger partial charge in [-0.3, -0.25) is 0 Å². The zero-order valence-corrected chi connectivity index (χ0v) is 7.73. The predicted molar refractivity (Wildman–Crippen MR) is 48.1 cm³/mol. The number of thioether (sulfide) groups is 1. The third-order valence-corrected chi connectivity index (χ3v) is 3.16. The Balaban J connectivity index is 1.91. The summed E-state index contributed by atoms with van der Waals surface area (Å²) in [6.07, 6.45) is 3.49. The molecular formula is C6H6N4S2. The van der Waals surface area contributed by atoms with Crippen molar-refractivity contribution < 1.29 is 0 Å². The Bertz CT molecular complexity index is 281. The third kappa shape index (κ3) is 1.83. The summed E-state index contributed by atoms with van der Waals surface area (Å²) in [7, 11) is 0. The van der Waals surface area contributed by atoms with Gasteiger partial charge >= 0.3 is 0 Å². The van der Waals surface area contributed by atoms with Crippen LogP contribution in [0.3, 0.4) is 0 Å². The first-order chi connectivity index (χ1) is 5.95. The molecule has 62 valence electrons. The van der Waals surface area contributed by atoms with Crippen LogP contribution in [0.4, 0.5) is 0 Å². The molecular weight excluding hydrogens is 192 g/mol. The Labute approximate surface area is 77.5 Å². The Morgan fingerprint density at radius 1 is 1.58 bits per heavy atom. The van der Waals surface area contributed by atoms with Crippen LogP contribution >= 0.6 is 23.1 Å². The van der Waals surface area contributed by atoms with Gasteiger partial charge in [0.1, 0.15) is 5.51 Å². The highest BCUT2D eigenvalue weighted by Gasteiger charge is 1.98. The van der Waals surface area contributed by atoms with Gasteiger partial charge in [-0.05, 0) is 0 Å². The Morgan fingerprint density at radius 3 is 3.25 bits per heavy atom. The molecule has 0 aliphatic heterocycles. The SMILES string of the molecule is c1ncc(CSc2nncs2)[nH]1. The molecule has 2 rings (SSSR count). The smallest absolute Gasteiger partial charge is 0.174 e. The van der Waals surface area contributed by atoms with Crippen molar-refractivity contribution >= 4 is 23.1 Å². The summed E-state index contributed by atoms with van der Waals surface area (Å²) >= 11 is 3.21. The van der Waals surface area contributed by atoms with Crippen molar-refractivity contribution in [3.8, 4) is 0 Å². The van der Waals surface area contributed by atoms with Gasteiger partial charge in [-0.15, -0.1) is 10.2 Å². The molecule has 6 heteroatoms. The van der Waals surface area contributed by atoms with Crippen molar-refractivity contribution in [2.24, 2.45) is 0 Å². The van der Waals surface area contributed by atoms with E-state index < -0.39 is 0 Å². The van der Waals surface area contributed by atoms with E-state index in [9.17, 15) is 0 Å². The molecule has 0 saturated heterocycles. The molecule has 0 fully saturated rings. The number of aromatic amines is 1. The zero-order chi connectivity index (χ0) is 8.23. The Morgan fingerprint density at radius 2 is 2.58 bits per heavy atom. The molecule has 0 unspecified atom stereocenters. The molecule has 0 spiro atoms. The minimum Gasteiger partial charge on any atom is -0.348 e. The lowest BCUT2D eigenvalue weighted by atomic mass is 10.6. The van der Waals surface area contributed by atoms with Crippen LogP contribution in [-0.2, 0) is 5.75 Å². The van der Waals surface area contributed by atoms with Crippen molar-refractivity contribution in [1.82, 2.24) is 20.2 Å². The number of hydrogen-bond acceptors (Lipinski definition) is 5. The summed E-state index contributed by atoms with van der Waals surface area (Å²) in [5.41, 5.74) is 2.84. The van der Waals surface area contributed by atoms with Gasteiger partial charge in [0.15, 0.2) is 4.34 Å². The second-order valence-corrected chi connectivity index (χ2v) is 4.13. The van der Waals surface area contributed by atoms with Crippen molar-refractivity contribution in [2.75, 3.05) is 0 Å². The average Bonchev–Trinajstić information content (AvgIpc) is 2.74. The fraction of sp³-hybridized carbons (Fsp3) is 0.167. The van der Waals surface area contributed by atoms with E-state index in [1.54, 1.807) is 34.9 Å². The minimum atomic E-state index is 0.870. The molecule has 2 aromatic heterocycles. The number of nitrogens with one attached hydrogen (secondary N) is 1. The zero-order valence-electron chi connectivity index (χ0n) is 6.10. The van der Waals surface area contributed by atoms with Gasteiger partial charge in [0.05, 0.1) is 6.33 Å². The monoisotopic (exact) mass is 198 g/mol. The van der Waals surface area contributed by atoms with E-state index in [1.165, 1.54) is 0 Å². The van der Waals surface area contributed by atoms with Gasteiger partial charge in [0.25, 0.3) is 0 Å². The van der Waals surface area contributed by atoms with Crippen LogP contribution in [0.5, 0.6) is 0 Å². The first kappa shape index (κ1) is 7.75. The minimum absolute atomic E-state index is 0.870. The van der Waals surface area contributed by atoms with Gasteiger partial charge in [0, 0.05) is 17.6 Å². The van der Waals surface area contributed by atoms with Crippen molar-refractivity contribution in [3.63, 3.8) is 0 Å². The molecule has 0 aliphatic rings. The highest BCUT2D eigenvalue weighted by atomic mass is 32.2. The molecule has 0 bridgehead atoms. The molecule has 0 atom stereocenters. The first-order valence-corrected chi connectivity index (χ1v) is 5.18. The standard InChI is InChI=1S/C6H6N4S2/c1-5(8-3-7-1)2-11-6-10-9-4-12-6/h1,3-4H,2H2,(H,7,8). The van der Waals surface area contributed by atoms with Crippen LogP contribution in [0.15, 0.2) is 22.4 Å². The predicted octanol–water partition coefficient (Wildman–Crippen LogP) is 1.55. The Hall–Kier alpha value is -0.880. The van der Waals surface area contributed by atoms with E-state index in [4.69, 9.17) is 0 Å². The van der Waals surface area contributed by atoms with Crippen LogP contribution in [0.2, 0.25) is 0 Å². The summed E-state index contributed by atoms with van der Waals surface area (Å²) in [6.45, 7) is 0. The van der Waals surface area contributed by atoms with Crippen molar-refractivity contribution in [3.05, 3.63) is 23.7 Å². The van der Waals surface area contributed by atoms with E-state index >= 15 is 0 Å². The van der Waals surface area contributed by atoms with Crippen LogP contribution in [-0.4, -0.2) is 20.2 Å². The molecule has 2 heterocycles. The Kier molecular flexibility index (Phi) is 2.38. The molecule has 0 aromatic carbocycles. The molecule has 0 saturated carbocycles. The largest absolute Gasteiger partial charge is 0.348 e. The summed E-state index contributed by atoms with van der Waals surface area (Å²) in [6, 6.07) is 0. The summed E-state index contributed by atoms with van der Waals surface area (Å²) in [5, 5.41) is 7.66. The average molecular weight is 198 g/mol. The van der Waals surface area contributed by atoms with Crippen LogP contribution in [0, 0.1) is 0 Å². The van der Waals surface area contributed by atoms with Gasteiger partial charge in [-0.1, -0.05) is 23.1 Å². The van der Waals surface area contributed by atoms with E-state index in [0.29, 0.717) is 0 Å². The molecule has 0 aliphatic carbocycles. The normalized spacial score (nSPS) is 10.3. The third-order valence-electron chi connectivity index (χ3n) is 1.25. The lowest BCUT2D eigenvalue weighted by molar-refractivity contribution is 1.01. The lowest BCUT2D eigenvalue weighted by Gasteiger charge is -1.91. The summed E-state index contributed by atoms with van der Waals surface area (Å²) in [4.78, 5) is 6.94. The molecule has 4 nitrogen and oxygen atoms in total. The van der Waals surface area contributed by atoms with Crippen LogP contribution < -0.4 is 0 Å². The maximum absolute atomic E-state index is 3.92. The number of nitrogens with zero attached hydrogens (tertiary/aromatic N) is 3. The van der Waals surface area contributed by atoms with Gasteiger partial charge < -0.3 is 4.98 Å². The maximum Gasteiger partial charge on any atom is 0.174 e. The number of H-pyrrole nitrogens is 1. The molecule has 0 amide bonds. The lowest BCUT2D eigenvalue weighted by Crippen LogP contribution is -1.78. The highest BCUT2D eigenvalue weighted by molar-refractivity contribution is 8.00. The quantitative estimate of drug-likeness (QED) is 0.760. The van der Waals surface area contributed by atoms with Gasteiger partial charge in [-0.25, -0.2) is 4.98 Å². The van der Waals surface area contributed by atoms with Crippen molar-refractivity contribution in [1.29, 1.82) is 0 Å². The van der Waals surface area contributed by atoms with Crippen LogP contribution in [0.1, 0.15) is 5.69 Å². The van der Waals surface area contributed by atoms with Crippen LogP contribution in [0.25, 0.3) is 0 Å². The number of hydrogen-bond donors (Lipinski definition) is 1. The van der Waals surface area contributed by atoms with Gasteiger partial charge in [-0.2, -0.15) is 0 Å². The fourth-order valence-electron chi connectivity index (χ4n) is 0.729. The van der Waals surface area contributed by atoms with E-state index in [2.05, 4.69) is 20.2 Å².